The molecular formula is C26H32ClNO6. The van der Waals surface area contributed by atoms with Gasteiger partial charge < -0.3 is 14.2 Å². The summed E-state index contributed by atoms with van der Waals surface area (Å²) >= 11 is 5.75. The number of rotatable bonds is 15. The number of benzene rings is 2. The number of ether oxygens (including phenoxy) is 3. The van der Waals surface area contributed by atoms with Gasteiger partial charge in [-0.15, -0.1) is 11.6 Å². The summed E-state index contributed by atoms with van der Waals surface area (Å²) in [4.78, 5) is 39.2. The summed E-state index contributed by atoms with van der Waals surface area (Å²) in [5.41, 5.74) is 1.69. The summed E-state index contributed by atoms with van der Waals surface area (Å²) in [7, 11) is 1.29. The topological polar surface area (TPSA) is 82.1 Å². The quantitative estimate of drug-likeness (QED) is 0.161. The van der Waals surface area contributed by atoms with Gasteiger partial charge in [-0.1, -0.05) is 73.5 Å². The van der Waals surface area contributed by atoms with E-state index in [-0.39, 0.29) is 26.3 Å². The Labute approximate surface area is 205 Å². The van der Waals surface area contributed by atoms with Crippen molar-refractivity contribution in [3.8, 4) is 0 Å². The molecule has 0 N–H and O–H groups in total. The Balaban J connectivity index is 2.04. The zero-order chi connectivity index (χ0) is 24.6. The number of hydrogen-bond acceptors (Lipinski definition) is 7. The van der Waals surface area contributed by atoms with Crippen LogP contribution in [0.15, 0.2) is 60.7 Å². The molecule has 0 amide bonds. The Morgan fingerprint density at radius 3 is 1.74 bits per heavy atom. The van der Waals surface area contributed by atoms with E-state index in [4.69, 9.17) is 25.8 Å². The third kappa shape index (κ3) is 10.4. The van der Waals surface area contributed by atoms with Crippen LogP contribution in [0, 0.1) is 0 Å². The predicted molar refractivity (Wildman–Crippen MR) is 129 cm³/mol. The number of nitrogens with zero attached hydrogens (tertiary/aromatic N) is 1. The molecule has 2 rings (SSSR count). The molecule has 0 saturated heterocycles. The van der Waals surface area contributed by atoms with Crippen LogP contribution in [-0.2, 0) is 41.8 Å². The summed E-state index contributed by atoms with van der Waals surface area (Å²) in [5, 5.41) is 0. The highest BCUT2D eigenvalue weighted by atomic mass is 35.5. The molecule has 0 spiro atoms. The molecule has 0 saturated carbocycles. The minimum absolute atomic E-state index is 0.102. The lowest BCUT2D eigenvalue weighted by Gasteiger charge is -2.28. The highest BCUT2D eigenvalue weighted by molar-refractivity contribution is 6.17. The van der Waals surface area contributed by atoms with E-state index in [1.165, 1.54) is 12.0 Å². The standard InChI is InChI=1S/C26H32ClNO6/c1-32-26(31)23(15-9-4-10-16-27)28(17-24(29)33-19-21-11-5-2-6-12-21)18-25(30)34-20-22-13-7-3-8-14-22/h2-3,5-8,11-14,23H,4,9-10,15-20H2,1H3/t23-/m0/s1. The second-order valence-corrected chi connectivity index (χ2v) is 8.15. The molecule has 0 aliphatic heterocycles. The van der Waals surface area contributed by atoms with Crippen molar-refractivity contribution in [2.24, 2.45) is 0 Å². The summed E-state index contributed by atoms with van der Waals surface area (Å²) in [6, 6.07) is 17.8. The first-order chi connectivity index (χ1) is 16.5. The van der Waals surface area contributed by atoms with Crippen molar-refractivity contribution in [3.63, 3.8) is 0 Å². The van der Waals surface area contributed by atoms with Gasteiger partial charge in [-0.05, 0) is 24.0 Å². The highest BCUT2D eigenvalue weighted by Crippen LogP contribution is 2.14. The maximum Gasteiger partial charge on any atom is 0.323 e. The normalized spacial score (nSPS) is 11.6. The molecule has 0 aliphatic rings. The van der Waals surface area contributed by atoms with Crippen LogP contribution in [0.3, 0.4) is 0 Å². The van der Waals surface area contributed by atoms with Crippen molar-refractivity contribution in [1.82, 2.24) is 4.90 Å². The van der Waals surface area contributed by atoms with E-state index in [9.17, 15) is 14.4 Å². The lowest BCUT2D eigenvalue weighted by Crippen LogP contribution is -2.47. The van der Waals surface area contributed by atoms with Crippen LogP contribution in [-0.4, -0.2) is 54.9 Å². The molecule has 0 radical (unpaired) electrons. The maximum atomic E-state index is 12.6. The maximum absolute atomic E-state index is 12.6. The molecule has 8 heteroatoms. The molecule has 34 heavy (non-hydrogen) atoms. The van der Waals surface area contributed by atoms with Crippen LogP contribution in [0.2, 0.25) is 0 Å². The van der Waals surface area contributed by atoms with Crippen LogP contribution < -0.4 is 0 Å². The van der Waals surface area contributed by atoms with Gasteiger partial charge in [-0.25, -0.2) is 0 Å². The van der Waals surface area contributed by atoms with Gasteiger partial charge in [0.25, 0.3) is 0 Å². The van der Waals surface area contributed by atoms with E-state index in [0.717, 1.165) is 24.0 Å². The number of halogens is 1. The molecule has 0 aromatic heterocycles. The molecular weight excluding hydrogens is 458 g/mol. The number of hydrogen-bond donors (Lipinski definition) is 0. The molecule has 7 nitrogen and oxygen atoms in total. The first-order valence-corrected chi connectivity index (χ1v) is 11.8. The summed E-state index contributed by atoms with van der Waals surface area (Å²) in [6.07, 6.45) is 2.75. The molecule has 0 heterocycles. The molecule has 0 aliphatic carbocycles. The molecule has 184 valence electrons. The zero-order valence-electron chi connectivity index (χ0n) is 19.5. The SMILES string of the molecule is COC(=O)[C@H](CCCCCCl)N(CC(=O)OCc1ccccc1)CC(=O)OCc1ccccc1. The molecule has 2 aromatic carbocycles. The van der Waals surface area contributed by atoms with Crippen molar-refractivity contribution in [2.45, 2.75) is 44.9 Å². The summed E-state index contributed by atoms with van der Waals surface area (Å²) in [6.45, 7) is -0.291. The average molecular weight is 490 g/mol. The Morgan fingerprint density at radius 1 is 0.794 bits per heavy atom. The van der Waals surface area contributed by atoms with Crippen LogP contribution in [0.4, 0.5) is 0 Å². The molecule has 0 unspecified atom stereocenters. The Kier molecular flexibility index (Phi) is 12.7. The lowest BCUT2D eigenvalue weighted by atomic mass is 10.1. The molecule has 1 atom stereocenters. The van der Waals surface area contributed by atoms with Crippen molar-refractivity contribution < 1.29 is 28.6 Å². The number of carbonyl (C=O) groups is 3. The minimum atomic E-state index is -0.783. The van der Waals surface area contributed by atoms with Gasteiger partial charge in [-0.2, -0.15) is 0 Å². The second kappa shape index (κ2) is 15.9. The van der Waals surface area contributed by atoms with Gasteiger partial charge in [0.15, 0.2) is 0 Å². The molecule has 2 aromatic rings. The van der Waals surface area contributed by atoms with Gasteiger partial charge in [0.1, 0.15) is 19.3 Å². The van der Waals surface area contributed by atoms with Crippen LogP contribution in [0.25, 0.3) is 0 Å². The fraction of sp³-hybridized carbons (Fsp3) is 0.423. The monoisotopic (exact) mass is 489 g/mol. The first-order valence-electron chi connectivity index (χ1n) is 11.3. The molecule has 0 fully saturated rings. The van der Waals surface area contributed by atoms with E-state index < -0.39 is 23.9 Å². The van der Waals surface area contributed by atoms with Crippen molar-refractivity contribution >= 4 is 29.5 Å². The summed E-state index contributed by atoms with van der Waals surface area (Å²) in [5.74, 6) is -1.08. The van der Waals surface area contributed by atoms with Gasteiger partial charge >= 0.3 is 17.9 Å². The second-order valence-electron chi connectivity index (χ2n) is 7.77. The smallest absolute Gasteiger partial charge is 0.323 e. The molecule has 0 bridgehead atoms. The van der Waals surface area contributed by atoms with E-state index in [2.05, 4.69) is 0 Å². The first kappa shape index (κ1) is 27.3. The van der Waals surface area contributed by atoms with E-state index in [1.54, 1.807) is 0 Å². The summed E-state index contributed by atoms with van der Waals surface area (Å²) < 4.78 is 15.7. The highest BCUT2D eigenvalue weighted by Gasteiger charge is 2.30. The fourth-order valence-electron chi connectivity index (χ4n) is 3.37. The largest absolute Gasteiger partial charge is 0.468 e. The number of esters is 3. The van der Waals surface area contributed by atoms with Crippen LogP contribution in [0.5, 0.6) is 0 Å². The van der Waals surface area contributed by atoms with Crippen molar-refractivity contribution in [3.05, 3.63) is 71.8 Å². The van der Waals surface area contributed by atoms with E-state index in [0.29, 0.717) is 18.7 Å². The minimum Gasteiger partial charge on any atom is -0.468 e. The van der Waals surface area contributed by atoms with Crippen LogP contribution >= 0.6 is 11.6 Å². The number of methoxy groups -OCH3 is 1. The zero-order valence-corrected chi connectivity index (χ0v) is 20.2. The number of carbonyl (C=O) groups excluding carboxylic acids is 3. The van der Waals surface area contributed by atoms with Gasteiger partial charge in [0.2, 0.25) is 0 Å². The third-order valence-corrected chi connectivity index (χ3v) is 5.44. The average Bonchev–Trinajstić information content (AvgIpc) is 2.87. The van der Waals surface area contributed by atoms with Gasteiger partial charge in [0.05, 0.1) is 20.2 Å². The third-order valence-electron chi connectivity index (χ3n) is 5.17. The lowest BCUT2D eigenvalue weighted by molar-refractivity contribution is -0.156. The van der Waals surface area contributed by atoms with Gasteiger partial charge in [0, 0.05) is 5.88 Å². The van der Waals surface area contributed by atoms with Crippen molar-refractivity contribution in [2.75, 3.05) is 26.1 Å². The fourth-order valence-corrected chi connectivity index (χ4v) is 3.56. The van der Waals surface area contributed by atoms with E-state index >= 15 is 0 Å². The Hall–Kier alpha value is -2.90. The predicted octanol–water partition coefficient (Wildman–Crippen LogP) is 4.12. The number of alkyl halides is 1. The van der Waals surface area contributed by atoms with E-state index in [1.807, 2.05) is 60.7 Å². The number of unbranched alkanes of at least 4 members (excludes halogenated alkanes) is 2. The Morgan fingerprint density at radius 2 is 1.29 bits per heavy atom. The Bertz CT molecular complexity index is 820. The van der Waals surface area contributed by atoms with Gasteiger partial charge in [-0.3, -0.25) is 19.3 Å². The van der Waals surface area contributed by atoms with Crippen molar-refractivity contribution in [1.29, 1.82) is 0 Å². The van der Waals surface area contributed by atoms with Crippen LogP contribution in [0.1, 0.15) is 36.8 Å².